The number of rotatable bonds is 4. The van der Waals surface area contributed by atoms with E-state index in [1.165, 1.54) is 33.8 Å². The van der Waals surface area contributed by atoms with Crippen LogP contribution in [0.4, 0.5) is 10.7 Å². The number of aromatic nitrogens is 1. The van der Waals surface area contributed by atoms with Gasteiger partial charge in [0.25, 0.3) is 5.91 Å². The van der Waals surface area contributed by atoms with Crippen LogP contribution in [0, 0.1) is 22.7 Å². The zero-order valence-electron chi connectivity index (χ0n) is 21.4. The van der Waals surface area contributed by atoms with E-state index in [0.717, 1.165) is 70.4 Å². The minimum Gasteiger partial charge on any atom is -0.397 e. The number of nitrogens with two attached hydrogens (primary N) is 1. The van der Waals surface area contributed by atoms with Crippen molar-refractivity contribution in [3.8, 4) is 16.5 Å². The molecule has 1 unspecified atom stereocenters. The van der Waals surface area contributed by atoms with Crippen LogP contribution in [0.2, 0.25) is 0 Å². The van der Waals surface area contributed by atoms with Crippen LogP contribution < -0.4 is 11.1 Å². The van der Waals surface area contributed by atoms with Gasteiger partial charge < -0.3 is 11.1 Å². The summed E-state index contributed by atoms with van der Waals surface area (Å²) in [7, 11) is 0. The molecule has 0 saturated heterocycles. The molecule has 5 nitrogen and oxygen atoms in total. The van der Waals surface area contributed by atoms with Crippen LogP contribution in [0.15, 0.2) is 30.3 Å². The van der Waals surface area contributed by atoms with Crippen LogP contribution in [-0.2, 0) is 25.7 Å². The number of nitrogens with one attached hydrogen (secondary N) is 1. The van der Waals surface area contributed by atoms with E-state index in [0.29, 0.717) is 27.0 Å². The minimum atomic E-state index is -0.271. The van der Waals surface area contributed by atoms with E-state index in [2.05, 4.69) is 50.4 Å². The Morgan fingerprint density at radius 2 is 2.03 bits per heavy atom. The number of hydrogen-bond acceptors (Lipinski definition) is 6. The van der Waals surface area contributed by atoms with E-state index in [1.54, 1.807) is 0 Å². The maximum Gasteiger partial charge on any atom is 0.268 e. The highest BCUT2D eigenvalue weighted by atomic mass is 32.1. The number of carbonyl (C=O) groups is 1. The summed E-state index contributed by atoms with van der Waals surface area (Å²) in [6, 6.07) is 12.8. The van der Waals surface area contributed by atoms with Gasteiger partial charge in [-0.15, -0.1) is 22.7 Å². The molecule has 0 spiro atoms. The fraction of sp³-hybridized carbons (Fsp3) is 0.367. The Bertz CT molecular complexity index is 1600. The van der Waals surface area contributed by atoms with Gasteiger partial charge >= 0.3 is 0 Å². The van der Waals surface area contributed by atoms with Crippen LogP contribution >= 0.6 is 22.7 Å². The van der Waals surface area contributed by atoms with Gasteiger partial charge in [-0.05, 0) is 71.8 Å². The number of thiophene rings is 2. The molecule has 0 radical (unpaired) electrons. The molecule has 2 aliphatic rings. The predicted octanol–water partition coefficient (Wildman–Crippen LogP) is 7.37. The third kappa shape index (κ3) is 3.94. The second-order valence-electron chi connectivity index (χ2n) is 10.9. The number of fused-ring (bicyclic) bond motifs is 5. The lowest BCUT2D eigenvalue weighted by Gasteiger charge is -2.36. The topological polar surface area (TPSA) is 91.8 Å². The number of amides is 1. The molecule has 1 amide bonds. The summed E-state index contributed by atoms with van der Waals surface area (Å²) >= 11 is 2.83. The summed E-state index contributed by atoms with van der Waals surface area (Å²) in [6.07, 6.45) is 5.96. The summed E-state index contributed by atoms with van der Waals surface area (Å²) < 4.78 is 0. The number of anilines is 2. The zero-order valence-corrected chi connectivity index (χ0v) is 23.0. The number of nitrogens with zero attached hydrogens (tertiary/aromatic N) is 2. The normalized spacial score (nSPS) is 16.5. The lowest BCUT2D eigenvalue weighted by molar-refractivity contribution is 0.103. The molecule has 3 heterocycles. The van der Waals surface area contributed by atoms with Crippen molar-refractivity contribution >= 4 is 49.5 Å². The lowest BCUT2D eigenvalue weighted by atomic mass is 9.69. The van der Waals surface area contributed by atoms with Gasteiger partial charge in [-0.1, -0.05) is 51.5 Å². The largest absolute Gasteiger partial charge is 0.397 e. The van der Waals surface area contributed by atoms with Gasteiger partial charge in [0.05, 0.1) is 11.3 Å². The molecule has 3 N–H and O–H groups in total. The first-order valence-electron chi connectivity index (χ1n) is 13.0. The van der Waals surface area contributed by atoms with Gasteiger partial charge in [-0.25, -0.2) is 4.98 Å². The molecule has 1 atom stereocenters. The minimum absolute atomic E-state index is 0.271. The van der Waals surface area contributed by atoms with Crippen LogP contribution in [-0.4, -0.2) is 10.9 Å². The van der Waals surface area contributed by atoms with Crippen molar-refractivity contribution in [3.05, 3.63) is 63.2 Å². The number of benzene rings is 1. The molecule has 1 aromatic carbocycles. The Hall–Kier alpha value is -3.21. The van der Waals surface area contributed by atoms with Crippen molar-refractivity contribution in [2.75, 3.05) is 11.1 Å². The van der Waals surface area contributed by atoms with Crippen molar-refractivity contribution in [3.63, 3.8) is 0 Å². The monoisotopic (exact) mass is 526 g/mol. The first kappa shape index (κ1) is 24.1. The first-order valence-corrected chi connectivity index (χ1v) is 14.6. The predicted molar refractivity (Wildman–Crippen MR) is 153 cm³/mol. The molecule has 0 bridgehead atoms. The summed E-state index contributed by atoms with van der Waals surface area (Å²) in [5.41, 5.74) is 13.8. The SMILES string of the molecule is CCC(C)(C)C1CCc2nc3sc(C(=O)Nc4sc5c(c4C#N)CCc4ccccc4-5)c(N)c3cc2C1. The molecule has 37 heavy (non-hydrogen) atoms. The molecule has 7 heteroatoms. The van der Waals surface area contributed by atoms with E-state index in [4.69, 9.17) is 10.7 Å². The van der Waals surface area contributed by atoms with Crippen molar-refractivity contribution in [2.45, 2.75) is 59.3 Å². The number of nitriles is 1. The van der Waals surface area contributed by atoms with Gasteiger partial charge in [-0.2, -0.15) is 5.26 Å². The van der Waals surface area contributed by atoms with Crippen LogP contribution in [0.25, 0.3) is 20.7 Å². The standard InChI is InChI=1S/C30H30N4OS2/c1-4-30(2,3)18-10-12-23-17(13-18)14-21-24(32)26(37-28(21)33-23)27(35)34-29-22(15-31)20-11-9-16-7-5-6-8-19(16)25(20)36-29/h5-8,14,18H,4,9-13,32H2,1-3H3,(H,34,35). The Morgan fingerprint density at radius 1 is 1.22 bits per heavy atom. The number of nitrogen functional groups attached to an aromatic ring is 1. The third-order valence-corrected chi connectivity index (χ3v) is 10.9. The second kappa shape index (κ2) is 8.97. The average molecular weight is 527 g/mol. The lowest BCUT2D eigenvalue weighted by Crippen LogP contribution is -2.29. The molecule has 0 fully saturated rings. The molecule has 6 rings (SSSR count). The smallest absolute Gasteiger partial charge is 0.268 e. The molecule has 0 saturated carbocycles. The van der Waals surface area contributed by atoms with Crippen molar-refractivity contribution < 1.29 is 4.79 Å². The summed E-state index contributed by atoms with van der Waals surface area (Å²) in [5.74, 6) is 0.345. The van der Waals surface area contributed by atoms with Crippen LogP contribution in [0.1, 0.15) is 71.2 Å². The highest BCUT2D eigenvalue weighted by Gasteiger charge is 2.32. The molecule has 2 aliphatic carbocycles. The van der Waals surface area contributed by atoms with Crippen LogP contribution in [0.3, 0.4) is 0 Å². The van der Waals surface area contributed by atoms with Gasteiger partial charge in [0.2, 0.25) is 0 Å². The number of aryl methyl sites for hydroxylation is 2. The first-order chi connectivity index (χ1) is 17.8. The van der Waals surface area contributed by atoms with Crippen LogP contribution in [0.5, 0.6) is 0 Å². The molecular weight excluding hydrogens is 496 g/mol. The van der Waals surface area contributed by atoms with Gasteiger partial charge in [-0.3, -0.25) is 4.79 Å². The highest BCUT2D eigenvalue weighted by molar-refractivity contribution is 7.22. The van der Waals surface area contributed by atoms with Gasteiger partial charge in [0.15, 0.2) is 0 Å². The third-order valence-electron chi connectivity index (χ3n) is 8.56. The Kier molecular flexibility index (Phi) is 5.85. The maximum absolute atomic E-state index is 13.5. The van der Waals surface area contributed by atoms with E-state index < -0.39 is 0 Å². The summed E-state index contributed by atoms with van der Waals surface area (Å²) in [5, 5.41) is 14.5. The average Bonchev–Trinajstić information content (AvgIpc) is 3.43. The number of hydrogen-bond donors (Lipinski definition) is 2. The van der Waals surface area contributed by atoms with Crippen molar-refractivity contribution in [1.29, 1.82) is 5.26 Å². The van der Waals surface area contributed by atoms with E-state index in [-0.39, 0.29) is 11.3 Å². The van der Waals surface area contributed by atoms with Crippen molar-refractivity contribution in [2.24, 2.45) is 11.3 Å². The molecule has 3 aromatic heterocycles. The van der Waals surface area contributed by atoms with Gasteiger partial charge in [0.1, 0.15) is 20.8 Å². The second-order valence-corrected chi connectivity index (χ2v) is 12.9. The number of carbonyl (C=O) groups excluding carboxylic acids is 1. The fourth-order valence-corrected chi connectivity index (χ4v) is 8.07. The molecular formula is C30H30N4OS2. The molecule has 4 aromatic rings. The summed E-state index contributed by atoms with van der Waals surface area (Å²) in [4.78, 5) is 20.8. The Balaban J connectivity index is 1.33. The number of pyridine rings is 1. The Morgan fingerprint density at radius 3 is 2.81 bits per heavy atom. The quantitative estimate of drug-likeness (QED) is 0.290. The maximum atomic E-state index is 13.5. The zero-order chi connectivity index (χ0) is 25.9. The van der Waals surface area contributed by atoms with E-state index in [9.17, 15) is 10.1 Å². The van der Waals surface area contributed by atoms with Crippen molar-refractivity contribution in [1.82, 2.24) is 4.98 Å². The Labute approximate surface area is 225 Å². The van der Waals surface area contributed by atoms with E-state index in [1.807, 2.05) is 12.1 Å². The summed E-state index contributed by atoms with van der Waals surface area (Å²) in [6.45, 7) is 6.97. The fourth-order valence-electron chi connectivity index (χ4n) is 5.82. The van der Waals surface area contributed by atoms with E-state index >= 15 is 0 Å². The van der Waals surface area contributed by atoms with Gasteiger partial charge in [0, 0.05) is 16.0 Å². The molecule has 0 aliphatic heterocycles. The highest BCUT2D eigenvalue weighted by Crippen LogP contribution is 2.46. The molecule has 188 valence electrons.